The predicted molar refractivity (Wildman–Crippen MR) is 216 cm³/mol. The van der Waals surface area contributed by atoms with Gasteiger partial charge in [0.05, 0.1) is 6.61 Å². The first-order chi connectivity index (χ1) is 25.3. The van der Waals surface area contributed by atoms with Crippen molar-refractivity contribution < 1.29 is 37.9 Å². The Labute approximate surface area is 319 Å². The van der Waals surface area contributed by atoms with Gasteiger partial charge < -0.3 is 19.3 Å². The number of esters is 2. The topological polar surface area (TPSA) is 119 Å². The van der Waals surface area contributed by atoms with E-state index in [0.29, 0.717) is 6.42 Å². The second-order valence-electron chi connectivity index (χ2n) is 14.7. The third-order valence-electron chi connectivity index (χ3n) is 9.49. The van der Waals surface area contributed by atoms with E-state index in [9.17, 15) is 14.2 Å². The Kier molecular flexibility index (Phi) is 38.1. The lowest BCUT2D eigenvalue weighted by Crippen LogP contribution is -2.29. The van der Waals surface area contributed by atoms with Crippen molar-refractivity contribution in [3.63, 3.8) is 0 Å². The van der Waals surface area contributed by atoms with E-state index in [2.05, 4.69) is 30.5 Å². The Hall–Kier alpha value is -1.47. The van der Waals surface area contributed by atoms with Crippen LogP contribution in [0.3, 0.4) is 0 Å². The zero-order chi connectivity index (χ0) is 38.2. The summed E-state index contributed by atoms with van der Waals surface area (Å²) in [5, 5.41) is 0. The second-order valence-corrected chi connectivity index (χ2v) is 15.9. The molecule has 0 aromatic carbocycles. The lowest BCUT2D eigenvalue weighted by molar-refractivity contribution is -0.161. The Morgan fingerprint density at radius 3 is 1.35 bits per heavy atom. The van der Waals surface area contributed by atoms with Crippen LogP contribution in [-0.2, 0) is 28.2 Å². The SMILES string of the molecule is CCCCCCCC/C=C/C/C=C/CCC(=O)OC(COC(=O)CCCCCCCCCCCCCCCCCCCCCCC)COP(=O)(O)O. The molecule has 0 radical (unpaired) electrons. The van der Waals surface area contributed by atoms with Crippen molar-refractivity contribution in [1.82, 2.24) is 0 Å². The van der Waals surface area contributed by atoms with Crippen molar-refractivity contribution in [2.75, 3.05) is 13.2 Å². The summed E-state index contributed by atoms with van der Waals surface area (Å²) >= 11 is 0. The number of carbonyl (C=O) groups excluding carboxylic acids is 2. The average Bonchev–Trinajstić information content (AvgIpc) is 3.11. The molecule has 0 aromatic heterocycles. The Bertz CT molecular complexity index is 900. The zero-order valence-electron chi connectivity index (χ0n) is 33.7. The normalized spacial score (nSPS) is 12.6. The number of allylic oxidation sites excluding steroid dienone is 4. The van der Waals surface area contributed by atoms with Gasteiger partial charge in [0.1, 0.15) is 6.61 Å². The van der Waals surface area contributed by atoms with Gasteiger partial charge in [-0.15, -0.1) is 0 Å². The van der Waals surface area contributed by atoms with Crippen LogP contribution < -0.4 is 0 Å². The minimum Gasteiger partial charge on any atom is -0.462 e. The number of carbonyl (C=O) groups is 2. The molecule has 52 heavy (non-hydrogen) atoms. The quantitative estimate of drug-likeness (QED) is 0.0274. The number of phosphoric ester groups is 1. The van der Waals surface area contributed by atoms with Gasteiger partial charge in [0.2, 0.25) is 0 Å². The van der Waals surface area contributed by atoms with Crippen molar-refractivity contribution in [2.45, 2.75) is 225 Å². The van der Waals surface area contributed by atoms with Crippen LogP contribution in [0.4, 0.5) is 0 Å². The predicted octanol–water partition coefficient (Wildman–Crippen LogP) is 13.2. The highest BCUT2D eigenvalue weighted by Crippen LogP contribution is 2.36. The number of hydrogen-bond donors (Lipinski definition) is 2. The molecule has 0 rings (SSSR count). The molecule has 0 aromatic rings. The van der Waals surface area contributed by atoms with Gasteiger partial charge in [-0.1, -0.05) is 199 Å². The Morgan fingerprint density at radius 1 is 0.500 bits per heavy atom. The lowest BCUT2D eigenvalue weighted by atomic mass is 10.0. The van der Waals surface area contributed by atoms with Crippen LogP contribution in [0, 0.1) is 0 Å². The largest absolute Gasteiger partial charge is 0.469 e. The van der Waals surface area contributed by atoms with E-state index in [4.69, 9.17) is 19.3 Å². The molecular weight excluding hydrogens is 675 g/mol. The van der Waals surface area contributed by atoms with E-state index >= 15 is 0 Å². The van der Waals surface area contributed by atoms with Gasteiger partial charge in [-0.05, 0) is 32.1 Å². The fraction of sp³-hybridized carbons (Fsp3) is 0.860. The minimum atomic E-state index is -4.76. The molecule has 0 amide bonds. The maximum atomic E-state index is 12.3. The van der Waals surface area contributed by atoms with E-state index in [0.717, 1.165) is 32.1 Å². The molecule has 2 N–H and O–H groups in total. The van der Waals surface area contributed by atoms with E-state index in [1.54, 1.807) is 0 Å². The number of phosphoric acid groups is 1. The highest BCUT2D eigenvalue weighted by molar-refractivity contribution is 7.46. The van der Waals surface area contributed by atoms with Crippen LogP contribution in [0.2, 0.25) is 0 Å². The number of rotatable bonds is 40. The molecule has 0 aliphatic heterocycles. The summed E-state index contributed by atoms with van der Waals surface area (Å²) in [6.07, 6.45) is 45.0. The smallest absolute Gasteiger partial charge is 0.462 e. The van der Waals surface area contributed by atoms with Crippen molar-refractivity contribution in [1.29, 1.82) is 0 Å². The zero-order valence-corrected chi connectivity index (χ0v) is 34.6. The van der Waals surface area contributed by atoms with E-state index < -0.39 is 32.5 Å². The standard InChI is InChI=1S/C43H81O8P/c1-3-5-7-9-11-13-15-17-18-19-20-21-22-23-24-26-27-29-31-33-35-37-42(44)49-39-41(40-50-52(46,47)48)51-43(45)38-36-34-32-30-28-25-16-14-12-10-8-6-4-2/h25,28,32,34,41H,3-24,26-27,29-31,33,35-40H2,1-2H3,(H2,46,47,48)/b28-25+,34-32+. The molecular formula is C43H81O8P. The Balaban J connectivity index is 3.87. The molecule has 0 saturated carbocycles. The summed E-state index contributed by atoms with van der Waals surface area (Å²) in [5.41, 5.74) is 0. The molecule has 0 aliphatic carbocycles. The van der Waals surface area contributed by atoms with E-state index in [1.807, 2.05) is 12.2 Å². The fourth-order valence-electron chi connectivity index (χ4n) is 6.25. The summed E-state index contributed by atoms with van der Waals surface area (Å²) in [6.45, 7) is 3.65. The number of ether oxygens (including phenoxy) is 2. The maximum Gasteiger partial charge on any atom is 0.469 e. The summed E-state index contributed by atoms with van der Waals surface area (Å²) in [6, 6.07) is 0. The summed E-state index contributed by atoms with van der Waals surface area (Å²) in [5.74, 6) is -0.953. The van der Waals surface area contributed by atoms with Gasteiger partial charge in [0.25, 0.3) is 0 Å². The molecule has 0 bridgehead atoms. The van der Waals surface area contributed by atoms with Crippen LogP contribution in [-0.4, -0.2) is 41.0 Å². The van der Waals surface area contributed by atoms with Crippen LogP contribution >= 0.6 is 7.82 Å². The summed E-state index contributed by atoms with van der Waals surface area (Å²) in [4.78, 5) is 42.8. The molecule has 0 saturated heterocycles. The van der Waals surface area contributed by atoms with Gasteiger partial charge in [-0.25, -0.2) is 4.57 Å². The molecule has 1 unspecified atom stereocenters. The molecule has 0 heterocycles. The van der Waals surface area contributed by atoms with Gasteiger partial charge in [-0.2, -0.15) is 0 Å². The van der Waals surface area contributed by atoms with Crippen molar-refractivity contribution >= 4 is 19.8 Å². The molecule has 8 nitrogen and oxygen atoms in total. The van der Waals surface area contributed by atoms with Crippen molar-refractivity contribution in [3.05, 3.63) is 24.3 Å². The highest BCUT2D eigenvalue weighted by atomic mass is 31.2. The highest BCUT2D eigenvalue weighted by Gasteiger charge is 2.22. The first-order valence-electron chi connectivity index (χ1n) is 21.6. The van der Waals surface area contributed by atoms with Crippen molar-refractivity contribution in [2.24, 2.45) is 0 Å². The molecule has 306 valence electrons. The first kappa shape index (κ1) is 50.5. The Morgan fingerprint density at radius 2 is 0.904 bits per heavy atom. The van der Waals surface area contributed by atoms with Gasteiger partial charge in [0, 0.05) is 12.8 Å². The third-order valence-corrected chi connectivity index (χ3v) is 9.97. The van der Waals surface area contributed by atoms with Crippen LogP contribution in [0.25, 0.3) is 0 Å². The molecule has 0 aliphatic rings. The fourth-order valence-corrected chi connectivity index (χ4v) is 6.61. The first-order valence-corrected chi connectivity index (χ1v) is 23.2. The van der Waals surface area contributed by atoms with Crippen molar-refractivity contribution in [3.8, 4) is 0 Å². The number of unbranched alkanes of at least 4 members (excludes halogenated alkanes) is 26. The third kappa shape index (κ3) is 41.3. The van der Waals surface area contributed by atoms with Crippen LogP contribution in [0.1, 0.15) is 219 Å². The van der Waals surface area contributed by atoms with Gasteiger partial charge >= 0.3 is 19.8 Å². The molecule has 1 atom stereocenters. The molecule has 9 heteroatoms. The summed E-state index contributed by atoms with van der Waals surface area (Å²) < 4.78 is 26.3. The summed E-state index contributed by atoms with van der Waals surface area (Å²) in [7, 11) is -4.76. The monoisotopic (exact) mass is 757 g/mol. The molecule has 0 spiro atoms. The van der Waals surface area contributed by atoms with Crippen LogP contribution in [0.15, 0.2) is 24.3 Å². The minimum absolute atomic E-state index is 0.109. The lowest BCUT2D eigenvalue weighted by Gasteiger charge is -2.18. The maximum absolute atomic E-state index is 12.3. The van der Waals surface area contributed by atoms with Gasteiger partial charge in [-0.3, -0.25) is 14.1 Å². The van der Waals surface area contributed by atoms with Crippen LogP contribution in [0.5, 0.6) is 0 Å². The average molecular weight is 757 g/mol. The molecule has 0 fully saturated rings. The van der Waals surface area contributed by atoms with Gasteiger partial charge in [0.15, 0.2) is 6.10 Å². The number of hydrogen-bond acceptors (Lipinski definition) is 6. The second kappa shape index (κ2) is 39.2. The van der Waals surface area contributed by atoms with E-state index in [-0.39, 0.29) is 19.4 Å². The van der Waals surface area contributed by atoms with E-state index in [1.165, 1.54) is 154 Å².